The number of hydrogen-bond acceptors (Lipinski definition) is 2. The van der Waals surface area contributed by atoms with E-state index in [0.717, 1.165) is 48.0 Å². The van der Waals surface area contributed by atoms with Crippen LogP contribution in [0.15, 0.2) is 30.3 Å². The lowest BCUT2D eigenvalue weighted by atomic mass is 10.1. The van der Waals surface area contributed by atoms with Crippen LogP contribution in [0.1, 0.15) is 48.0 Å². The van der Waals surface area contributed by atoms with Gasteiger partial charge in [0.15, 0.2) is 5.83 Å². The van der Waals surface area contributed by atoms with Gasteiger partial charge in [0.25, 0.3) is 0 Å². The second-order valence-electron chi connectivity index (χ2n) is 5.80. The molecular formula is C18H20BrFN2O. The summed E-state index contributed by atoms with van der Waals surface area (Å²) in [5.74, 6) is -0.325. The Morgan fingerprint density at radius 1 is 1.39 bits per heavy atom. The van der Waals surface area contributed by atoms with Gasteiger partial charge in [0.2, 0.25) is 0 Å². The number of nitrogens with zero attached hydrogens (tertiary/aromatic N) is 2. The summed E-state index contributed by atoms with van der Waals surface area (Å²) in [7, 11) is 0. The van der Waals surface area contributed by atoms with Crippen LogP contribution in [0.2, 0.25) is 0 Å². The first-order valence-electron chi connectivity index (χ1n) is 7.87. The van der Waals surface area contributed by atoms with Crippen LogP contribution >= 0.6 is 15.9 Å². The zero-order chi connectivity index (χ0) is 16.2. The molecule has 1 aromatic heterocycles. The molecule has 1 aliphatic heterocycles. The number of hydrogen-bond donors (Lipinski definition) is 0. The Balaban J connectivity index is 1.81. The molecule has 0 bridgehead atoms. The van der Waals surface area contributed by atoms with Gasteiger partial charge in [-0.25, -0.2) is 9.07 Å². The fraction of sp³-hybridized carbons (Fsp3) is 0.389. The molecule has 1 fully saturated rings. The van der Waals surface area contributed by atoms with Gasteiger partial charge >= 0.3 is 0 Å². The maximum absolute atomic E-state index is 14.5. The van der Waals surface area contributed by atoms with Crippen LogP contribution in [0.5, 0.6) is 0 Å². The van der Waals surface area contributed by atoms with Gasteiger partial charge < -0.3 is 4.74 Å². The second kappa shape index (κ2) is 7.41. The van der Waals surface area contributed by atoms with Gasteiger partial charge in [-0.3, -0.25) is 0 Å². The Bertz CT molecular complexity index is 688. The van der Waals surface area contributed by atoms with Crippen molar-refractivity contribution in [2.24, 2.45) is 0 Å². The molecule has 23 heavy (non-hydrogen) atoms. The van der Waals surface area contributed by atoms with Crippen molar-refractivity contribution >= 4 is 27.8 Å². The van der Waals surface area contributed by atoms with E-state index in [1.54, 1.807) is 10.7 Å². The van der Waals surface area contributed by atoms with Crippen molar-refractivity contribution in [3.8, 4) is 0 Å². The maximum atomic E-state index is 14.5. The monoisotopic (exact) mass is 378 g/mol. The first kappa shape index (κ1) is 16.4. The Kier molecular flexibility index (Phi) is 5.28. The highest BCUT2D eigenvalue weighted by Crippen LogP contribution is 2.26. The largest absolute Gasteiger partial charge is 0.357 e. The molecule has 1 aliphatic rings. The Hall–Kier alpha value is -1.46. The number of alkyl halides is 1. The summed E-state index contributed by atoms with van der Waals surface area (Å²) in [5.41, 5.74) is 3.27. The molecule has 0 spiro atoms. The fourth-order valence-corrected chi connectivity index (χ4v) is 3.11. The summed E-state index contributed by atoms with van der Waals surface area (Å²) < 4.78 is 22.0. The number of ether oxygens (including phenoxy) is 1. The van der Waals surface area contributed by atoms with Crippen LogP contribution in [0, 0.1) is 6.92 Å². The van der Waals surface area contributed by atoms with Crippen molar-refractivity contribution in [2.45, 2.75) is 37.7 Å². The van der Waals surface area contributed by atoms with E-state index in [1.165, 1.54) is 6.08 Å². The van der Waals surface area contributed by atoms with E-state index in [4.69, 9.17) is 4.74 Å². The Morgan fingerprint density at radius 3 is 2.83 bits per heavy atom. The average Bonchev–Trinajstić information content (AvgIpc) is 2.98. The SMILES string of the molecule is Cc1cc(C(F)=Cc2ccc(CBr)cc2)nn1C1CCCCO1. The number of benzene rings is 1. The van der Waals surface area contributed by atoms with Crippen molar-refractivity contribution in [3.63, 3.8) is 0 Å². The zero-order valence-electron chi connectivity index (χ0n) is 13.1. The molecule has 1 saturated heterocycles. The van der Waals surface area contributed by atoms with Crippen LogP contribution in [0.3, 0.4) is 0 Å². The van der Waals surface area contributed by atoms with E-state index in [1.807, 2.05) is 31.2 Å². The highest BCUT2D eigenvalue weighted by Gasteiger charge is 2.19. The normalized spacial score (nSPS) is 19.1. The minimum atomic E-state index is -0.325. The minimum Gasteiger partial charge on any atom is -0.357 e. The fourth-order valence-electron chi connectivity index (χ4n) is 2.74. The van der Waals surface area contributed by atoms with Gasteiger partial charge in [0, 0.05) is 17.6 Å². The molecule has 3 nitrogen and oxygen atoms in total. The standard InChI is InChI=1S/C18H20BrFN2O/c1-13-10-17(21-22(13)18-4-2-3-9-23-18)16(20)11-14-5-7-15(12-19)8-6-14/h5-8,10-11,18H,2-4,9,12H2,1H3. The van der Waals surface area contributed by atoms with Gasteiger partial charge in [-0.05, 0) is 49.5 Å². The summed E-state index contributed by atoms with van der Waals surface area (Å²) >= 11 is 3.40. The Morgan fingerprint density at radius 2 is 2.17 bits per heavy atom. The van der Waals surface area contributed by atoms with Gasteiger partial charge in [0.05, 0.1) is 0 Å². The number of halogens is 2. The third-order valence-electron chi connectivity index (χ3n) is 4.02. The van der Waals surface area contributed by atoms with Crippen molar-refractivity contribution in [1.29, 1.82) is 0 Å². The molecule has 0 saturated carbocycles. The highest BCUT2D eigenvalue weighted by atomic mass is 79.9. The zero-order valence-corrected chi connectivity index (χ0v) is 14.7. The van der Waals surface area contributed by atoms with E-state index >= 15 is 0 Å². The molecule has 122 valence electrons. The topological polar surface area (TPSA) is 27.1 Å². The molecule has 3 rings (SSSR count). The molecule has 1 unspecified atom stereocenters. The minimum absolute atomic E-state index is 0.0662. The lowest BCUT2D eigenvalue weighted by molar-refractivity contribution is -0.0407. The third kappa shape index (κ3) is 3.90. The molecule has 0 radical (unpaired) electrons. The molecule has 1 atom stereocenters. The average molecular weight is 379 g/mol. The van der Waals surface area contributed by atoms with Gasteiger partial charge in [-0.2, -0.15) is 5.10 Å². The molecule has 5 heteroatoms. The summed E-state index contributed by atoms with van der Waals surface area (Å²) in [5, 5.41) is 5.20. The molecule has 0 aliphatic carbocycles. The Labute approximate surface area is 144 Å². The molecule has 2 heterocycles. The predicted molar refractivity (Wildman–Crippen MR) is 93.9 cm³/mol. The first-order chi connectivity index (χ1) is 11.2. The predicted octanol–water partition coefficient (Wildman–Crippen LogP) is 5.25. The van der Waals surface area contributed by atoms with Gasteiger partial charge in [-0.15, -0.1) is 0 Å². The summed E-state index contributed by atoms with van der Waals surface area (Å²) in [6.45, 7) is 2.68. The summed E-state index contributed by atoms with van der Waals surface area (Å²) in [4.78, 5) is 0. The number of rotatable bonds is 4. The lowest BCUT2D eigenvalue weighted by Gasteiger charge is -2.23. The summed E-state index contributed by atoms with van der Waals surface area (Å²) in [6, 6.07) is 9.55. The van der Waals surface area contributed by atoms with Crippen molar-refractivity contribution in [2.75, 3.05) is 6.61 Å². The van der Waals surface area contributed by atoms with Crippen molar-refractivity contribution in [1.82, 2.24) is 9.78 Å². The highest BCUT2D eigenvalue weighted by molar-refractivity contribution is 9.08. The molecule has 2 aromatic rings. The molecule has 0 amide bonds. The van der Waals surface area contributed by atoms with Crippen LogP contribution in [0.4, 0.5) is 4.39 Å². The lowest BCUT2D eigenvalue weighted by Crippen LogP contribution is -2.20. The van der Waals surface area contributed by atoms with E-state index in [2.05, 4.69) is 21.0 Å². The quantitative estimate of drug-likeness (QED) is 0.679. The maximum Gasteiger partial charge on any atom is 0.151 e. The number of aromatic nitrogens is 2. The van der Waals surface area contributed by atoms with E-state index in [0.29, 0.717) is 5.69 Å². The van der Waals surface area contributed by atoms with E-state index in [-0.39, 0.29) is 12.1 Å². The van der Waals surface area contributed by atoms with E-state index in [9.17, 15) is 4.39 Å². The van der Waals surface area contributed by atoms with Crippen LogP contribution in [-0.2, 0) is 10.1 Å². The van der Waals surface area contributed by atoms with Crippen molar-refractivity contribution in [3.05, 3.63) is 52.8 Å². The third-order valence-corrected chi connectivity index (χ3v) is 4.67. The molecular weight excluding hydrogens is 359 g/mol. The second-order valence-corrected chi connectivity index (χ2v) is 6.36. The van der Waals surface area contributed by atoms with Gasteiger partial charge in [-0.1, -0.05) is 40.2 Å². The number of aryl methyl sites for hydroxylation is 1. The smallest absolute Gasteiger partial charge is 0.151 e. The van der Waals surface area contributed by atoms with Crippen LogP contribution < -0.4 is 0 Å². The molecule has 0 N–H and O–H groups in total. The van der Waals surface area contributed by atoms with Gasteiger partial charge in [0.1, 0.15) is 11.9 Å². The molecule has 1 aromatic carbocycles. The van der Waals surface area contributed by atoms with Crippen LogP contribution in [0.25, 0.3) is 11.9 Å². The first-order valence-corrected chi connectivity index (χ1v) is 9.00. The summed E-state index contributed by atoms with van der Waals surface area (Å²) in [6.07, 6.45) is 4.59. The van der Waals surface area contributed by atoms with E-state index < -0.39 is 0 Å². The van der Waals surface area contributed by atoms with Crippen molar-refractivity contribution < 1.29 is 9.13 Å². The van der Waals surface area contributed by atoms with Crippen LogP contribution in [-0.4, -0.2) is 16.4 Å².